The lowest BCUT2D eigenvalue weighted by atomic mass is 9.88. The van der Waals surface area contributed by atoms with Gasteiger partial charge < -0.3 is 10.8 Å². The van der Waals surface area contributed by atoms with E-state index in [0.717, 1.165) is 6.07 Å². The van der Waals surface area contributed by atoms with Gasteiger partial charge in [0.2, 0.25) is 0 Å². The molecule has 1 atom stereocenters. The van der Waals surface area contributed by atoms with Crippen LogP contribution in [0.25, 0.3) is 0 Å². The monoisotopic (exact) mass is 227 g/mol. The van der Waals surface area contributed by atoms with Crippen LogP contribution in [0.5, 0.6) is 0 Å². The zero-order valence-electron chi connectivity index (χ0n) is 8.41. The Bertz CT molecular complexity index is 444. The molecule has 5 heteroatoms. The first-order valence-electron chi connectivity index (χ1n) is 4.92. The molecule has 0 aliphatic heterocycles. The molecule has 3 N–H and O–H groups in total. The van der Waals surface area contributed by atoms with Crippen LogP contribution in [0.3, 0.4) is 0 Å². The molecule has 16 heavy (non-hydrogen) atoms. The number of carboxylic acids is 1. The van der Waals surface area contributed by atoms with E-state index in [-0.39, 0.29) is 5.56 Å². The summed E-state index contributed by atoms with van der Waals surface area (Å²) in [4.78, 5) is 10.8. The first-order chi connectivity index (χ1) is 7.49. The Labute approximate surface area is 90.9 Å². The standard InChI is InChI=1S/C11H11F2NO2/c12-7-3-1-2-6(8(7)13)11(4-5-11)9(14)10(15)16/h1-3,9H,4-5,14H2,(H,15,16). The van der Waals surface area contributed by atoms with Gasteiger partial charge in [0.25, 0.3) is 0 Å². The van der Waals surface area contributed by atoms with Crippen molar-refractivity contribution >= 4 is 5.97 Å². The Morgan fingerprint density at radius 2 is 2.06 bits per heavy atom. The molecule has 1 aromatic carbocycles. The molecule has 86 valence electrons. The highest BCUT2D eigenvalue weighted by molar-refractivity contribution is 5.77. The summed E-state index contributed by atoms with van der Waals surface area (Å²) in [5.74, 6) is -3.15. The third-order valence-electron chi connectivity index (χ3n) is 3.14. The van der Waals surface area contributed by atoms with E-state index in [1.165, 1.54) is 12.1 Å². The summed E-state index contributed by atoms with van der Waals surface area (Å²) in [5, 5.41) is 8.84. The van der Waals surface area contributed by atoms with Crippen molar-refractivity contribution in [1.29, 1.82) is 0 Å². The molecule has 0 spiro atoms. The molecule has 0 saturated heterocycles. The minimum Gasteiger partial charge on any atom is -0.480 e. The van der Waals surface area contributed by atoms with Crippen molar-refractivity contribution in [3.8, 4) is 0 Å². The van der Waals surface area contributed by atoms with Crippen LogP contribution in [0.1, 0.15) is 18.4 Å². The van der Waals surface area contributed by atoms with Crippen LogP contribution in [0.2, 0.25) is 0 Å². The number of benzene rings is 1. The molecule has 2 rings (SSSR count). The van der Waals surface area contributed by atoms with E-state index in [9.17, 15) is 13.6 Å². The molecule has 0 aromatic heterocycles. The van der Waals surface area contributed by atoms with Crippen LogP contribution in [-0.2, 0) is 10.2 Å². The van der Waals surface area contributed by atoms with Gasteiger partial charge in [0.15, 0.2) is 11.6 Å². The number of aliphatic carboxylic acids is 1. The van der Waals surface area contributed by atoms with Crippen LogP contribution in [0, 0.1) is 11.6 Å². The summed E-state index contributed by atoms with van der Waals surface area (Å²) in [5.41, 5.74) is 4.66. The fraction of sp³-hybridized carbons (Fsp3) is 0.364. The van der Waals surface area contributed by atoms with Crippen molar-refractivity contribution in [1.82, 2.24) is 0 Å². The molecule has 1 aliphatic rings. The summed E-state index contributed by atoms with van der Waals surface area (Å²) < 4.78 is 26.6. The minimum absolute atomic E-state index is 0.0717. The molecular weight excluding hydrogens is 216 g/mol. The molecule has 1 fully saturated rings. The van der Waals surface area contributed by atoms with E-state index in [4.69, 9.17) is 10.8 Å². The highest BCUT2D eigenvalue weighted by atomic mass is 19.2. The largest absolute Gasteiger partial charge is 0.480 e. The average Bonchev–Trinajstić information content (AvgIpc) is 3.02. The second kappa shape index (κ2) is 3.52. The summed E-state index contributed by atoms with van der Waals surface area (Å²) in [6.45, 7) is 0. The Kier molecular flexibility index (Phi) is 2.42. The number of hydrogen-bond donors (Lipinski definition) is 2. The van der Waals surface area contributed by atoms with E-state index in [0.29, 0.717) is 12.8 Å². The Hall–Kier alpha value is -1.49. The van der Waals surface area contributed by atoms with E-state index in [2.05, 4.69) is 0 Å². The first kappa shape index (κ1) is 11.0. The summed E-state index contributed by atoms with van der Waals surface area (Å²) in [7, 11) is 0. The first-order valence-corrected chi connectivity index (χ1v) is 4.92. The van der Waals surface area contributed by atoms with Crippen LogP contribution in [0.15, 0.2) is 18.2 Å². The Morgan fingerprint density at radius 1 is 1.44 bits per heavy atom. The van der Waals surface area contributed by atoms with Gasteiger partial charge in [-0.2, -0.15) is 0 Å². The third kappa shape index (κ3) is 1.48. The number of nitrogens with two attached hydrogens (primary N) is 1. The summed E-state index contributed by atoms with van der Waals surface area (Å²) in [6, 6.07) is 2.57. The number of halogens is 2. The van der Waals surface area contributed by atoms with Gasteiger partial charge in [0.1, 0.15) is 6.04 Å². The predicted octanol–water partition coefficient (Wildman–Crippen LogP) is 1.41. The van der Waals surface area contributed by atoms with Crippen LogP contribution in [0.4, 0.5) is 8.78 Å². The SMILES string of the molecule is NC(C(=O)O)C1(c2cccc(F)c2F)CC1. The number of rotatable bonds is 3. The second-order valence-corrected chi connectivity index (χ2v) is 4.07. The van der Waals surface area contributed by atoms with E-state index in [1.807, 2.05) is 0 Å². The molecule has 0 radical (unpaired) electrons. The summed E-state index contributed by atoms with van der Waals surface area (Å²) in [6.07, 6.45) is 0.946. The van der Waals surface area contributed by atoms with Crippen molar-refractivity contribution in [3.63, 3.8) is 0 Å². The van der Waals surface area contributed by atoms with Gasteiger partial charge in [-0.25, -0.2) is 8.78 Å². The normalized spacial score (nSPS) is 19.2. The zero-order valence-corrected chi connectivity index (χ0v) is 8.41. The molecular formula is C11H11F2NO2. The maximum atomic E-state index is 13.5. The summed E-state index contributed by atoms with van der Waals surface area (Å²) >= 11 is 0. The molecule has 0 heterocycles. The van der Waals surface area contributed by atoms with Crippen molar-refractivity contribution in [2.24, 2.45) is 5.73 Å². The van der Waals surface area contributed by atoms with E-state index < -0.39 is 29.1 Å². The third-order valence-corrected chi connectivity index (χ3v) is 3.14. The lowest BCUT2D eigenvalue weighted by Gasteiger charge is -2.20. The van der Waals surface area contributed by atoms with E-state index in [1.54, 1.807) is 0 Å². The molecule has 0 bridgehead atoms. The van der Waals surface area contributed by atoms with Gasteiger partial charge in [-0.05, 0) is 24.5 Å². The van der Waals surface area contributed by atoms with Crippen LogP contribution < -0.4 is 5.73 Å². The van der Waals surface area contributed by atoms with Crippen molar-refractivity contribution < 1.29 is 18.7 Å². The van der Waals surface area contributed by atoms with Crippen LogP contribution in [-0.4, -0.2) is 17.1 Å². The highest BCUT2D eigenvalue weighted by Crippen LogP contribution is 2.51. The van der Waals surface area contributed by atoms with Crippen LogP contribution >= 0.6 is 0 Å². The smallest absolute Gasteiger partial charge is 0.321 e. The Balaban J connectivity index is 2.45. The number of carbonyl (C=O) groups is 1. The van der Waals surface area contributed by atoms with Crippen molar-refractivity contribution in [2.75, 3.05) is 0 Å². The molecule has 1 unspecified atom stereocenters. The predicted molar refractivity (Wildman–Crippen MR) is 52.9 cm³/mol. The maximum Gasteiger partial charge on any atom is 0.321 e. The second-order valence-electron chi connectivity index (χ2n) is 4.07. The molecule has 1 aromatic rings. The topological polar surface area (TPSA) is 63.3 Å². The molecule has 1 saturated carbocycles. The van der Waals surface area contributed by atoms with Gasteiger partial charge in [-0.3, -0.25) is 4.79 Å². The van der Waals surface area contributed by atoms with Crippen molar-refractivity contribution in [3.05, 3.63) is 35.4 Å². The van der Waals surface area contributed by atoms with Crippen molar-refractivity contribution in [2.45, 2.75) is 24.3 Å². The molecule has 0 amide bonds. The highest BCUT2D eigenvalue weighted by Gasteiger charge is 2.54. The fourth-order valence-electron chi connectivity index (χ4n) is 2.01. The minimum atomic E-state index is -1.19. The van der Waals surface area contributed by atoms with Gasteiger partial charge in [-0.15, -0.1) is 0 Å². The number of hydrogen-bond acceptors (Lipinski definition) is 2. The number of carboxylic acid groups (broad SMARTS) is 1. The maximum absolute atomic E-state index is 13.5. The lowest BCUT2D eigenvalue weighted by Crippen LogP contribution is -2.42. The van der Waals surface area contributed by atoms with Gasteiger partial charge in [-0.1, -0.05) is 12.1 Å². The van der Waals surface area contributed by atoms with E-state index >= 15 is 0 Å². The zero-order chi connectivity index (χ0) is 11.9. The lowest BCUT2D eigenvalue weighted by molar-refractivity contribution is -0.139. The fourth-order valence-corrected chi connectivity index (χ4v) is 2.01. The average molecular weight is 227 g/mol. The van der Waals surface area contributed by atoms with Gasteiger partial charge >= 0.3 is 5.97 Å². The van der Waals surface area contributed by atoms with Gasteiger partial charge in [0.05, 0.1) is 0 Å². The molecule has 1 aliphatic carbocycles. The quantitative estimate of drug-likeness (QED) is 0.820. The van der Waals surface area contributed by atoms with Gasteiger partial charge in [0, 0.05) is 5.41 Å². The Morgan fingerprint density at radius 3 is 2.56 bits per heavy atom. The molecule has 3 nitrogen and oxygen atoms in total.